The number of hydrogen-bond acceptors (Lipinski definition) is 5. The summed E-state index contributed by atoms with van der Waals surface area (Å²) in [5.74, 6) is -0.535. The van der Waals surface area contributed by atoms with E-state index in [1.807, 2.05) is 36.4 Å². The van der Waals surface area contributed by atoms with Gasteiger partial charge >= 0.3 is 0 Å². The van der Waals surface area contributed by atoms with E-state index >= 15 is 0 Å². The van der Waals surface area contributed by atoms with Gasteiger partial charge in [-0.05, 0) is 23.8 Å². The molecule has 2 aromatic carbocycles. The Labute approximate surface area is 173 Å². The van der Waals surface area contributed by atoms with Gasteiger partial charge in [-0.3, -0.25) is 14.6 Å². The lowest BCUT2D eigenvalue weighted by atomic mass is 10.2. The van der Waals surface area contributed by atoms with Crippen molar-refractivity contribution in [1.82, 2.24) is 9.88 Å². The van der Waals surface area contributed by atoms with Gasteiger partial charge in [0.25, 0.3) is 5.91 Å². The Balaban J connectivity index is 1.57. The van der Waals surface area contributed by atoms with Gasteiger partial charge in [-0.15, -0.1) is 0 Å². The van der Waals surface area contributed by atoms with Crippen molar-refractivity contribution in [3.05, 3.63) is 66.0 Å². The molecule has 0 saturated carbocycles. The predicted octanol–water partition coefficient (Wildman–Crippen LogP) is 3.81. The van der Waals surface area contributed by atoms with Crippen molar-refractivity contribution in [2.24, 2.45) is 0 Å². The number of halogens is 1. The van der Waals surface area contributed by atoms with Crippen molar-refractivity contribution in [3.8, 4) is 0 Å². The van der Waals surface area contributed by atoms with Crippen LogP contribution in [0.2, 0.25) is 0 Å². The molecule has 0 N–H and O–H groups in total. The molecule has 1 fully saturated rings. The summed E-state index contributed by atoms with van der Waals surface area (Å²) >= 11 is 1.33. The van der Waals surface area contributed by atoms with Crippen LogP contribution in [-0.2, 0) is 9.53 Å². The normalized spacial score (nSPS) is 15.2. The minimum Gasteiger partial charge on any atom is -0.379 e. The number of morpholine rings is 1. The van der Waals surface area contributed by atoms with E-state index in [9.17, 15) is 9.18 Å². The molecular weight excluding hydrogens is 389 g/mol. The average molecular weight is 412 g/mol. The minimum absolute atomic E-state index is 0.165. The summed E-state index contributed by atoms with van der Waals surface area (Å²) in [6.07, 6.45) is 3.34. The van der Waals surface area contributed by atoms with Gasteiger partial charge in [0, 0.05) is 32.3 Å². The van der Waals surface area contributed by atoms with E-state index < -0.39 is 0 Å². The molecule has 0 aliphatic carbocycles. The van der Waals surface area contributed by atoms with E-state index in [4.69, 9.17) is 4.74 Å². The van der Waals surface area contributed by atoms with Crippen molar-refractivity contribution in [2.75, 3.05) is 44.3 Å². The van der Waals surface area contributed by atoms with Crippen LogP contribution in [-0.4, -0.2) is 55.2 Å². The van der Waals surface area contributed by atoms with E-state index in [1.165, 1.54) is 17.4 Å². The second kappa shape index (κ2) is 9.26. The largest absolute Gasteiger partial charge is 0.379 e. The van der Waals surface area contributed by atoms with Crippen LogP contribution in [0.5, 0.6) is 0 Å². The van der Waals surface area contributed by atoms with Crippen LogP contribution in [0.4, 0.5) is 9.52 Å². The molecule has 5 nitrogen and oxygen atoms in total. The maximum Gasteiger partial charge on any atom is 0.252 e. The lowest BCUT2D eigenvalue weighted by molar-refractivity contribution is -0.114. The van der Waals surface area contributed by atoms with Crippen molar-refractivity contribution in [3.63, 3.8) is 0 Å². The van der Waals surface area contributed by atoms with Crippen molar-refractivity contribution in [1.29, 1.82) is 0 Å². The fourth-order valence-electron chi connectivity index (χ4n) is 3.21. The highest BCUT2D eigenvalue weighted by atomic mass is 32.1. The van der Waals surface area contributed by atoms with Gasteiger partial charge in [-0.1, -0.05) is 47.7 Å². The molecule has 0 unspecified atom stereocenters. The topological polar surface area (TPSA) is 45.7 Å². The van der Waals surface area contributed by atoms with Gasteiger partial charge in [0.2, 0.25) is 0 Å². The number of carbonyl (C=O) groups excluding carboxylic acids is 1. The zero-order valence-corrected chi connectivity index (χ0v) is 16.8. The first-order valence-electron chi connectivity index (χ1n) is 9.60. The average Bonchev–Trinajstić information content (AvgIpc) is 3.19. The first kappa shape index (κ1) is 19.7. The Hall–Kier alpha value is -2.61. The van der Waals surface area contributed by atoms with Crippen LogP contribution >= 0.6 is 11.3 Å². The molecule has 1 aromatic heterocycles. The second-order valence-corrected chi connectivity index (χ2v) is 7.78. The highest BCUT2D eigenvalue weighted by molar-refractivity contribution is 7.22. The molecular formula is C22H22FN3O2S. The molecule has 0 bridgehead atoms. The van der Waals surface area contributed by atoms with Crippen LogP contribution in [0, 0.1) is 5.82 Å². The van der Waals surface area contributed by atoms with Gasteiger partial charge in [-0.2, -0.15) is 0 Å². The summed E-state index contributed by atoms with van der Waals surface area (Å²) in [6.45, 7) is 4.29. The predicted molar refractivity (Wildman–Crippen MR) is 115 cm³/mol. The highest BCUT2D eigenvalue weighted by Gasteiger charge is 2.21. The first-order chi connectivity index (χ1) is 14.2. The van der Waals surface area contributed by atoms with Gasteiger partial charge in [0.1, 0.15) is 11.3 Å². The van der Waals surface area contributed by atoms with E-state index in [0.717, 1.165) is 23.4 Å². The van der Waals surface area contributed by atoms with Gasteiger partial charge in [0.15, 0.2) is 5.13 Å². The van der Waals surface area contributed by atoms with Gasteiger partial charge in [0.05, 0.1) is 17.9 Å². The minimum atomic E-state index is -0.370. The molecule has 1 aliphatic heterocycles. The molecule has 7 heteroatoms. The van der Waals surface area contributed by atoms with Gasteiger partial charge in [-0.25, -0.2) is 9.37 Å². The summed E-state index contributed by atoms with van der Waals surface area (Å²) < 4.78 is 20.2. The maximum absolute atomic E-state index is 14.1. The molecule has 0 atom stereocenters. The van der Waals surface area contributed by atoms with Crippen molar-refractivity contribution in [2.45, 2.75) is 0 Å². The molecule has 29 heavy (non-hydrogen) atoms. The number of ether oxygens (including phenoxy) is 1. The monoisotopic (exact) mass is 411 g/mol. The second-order valence-electron chi connectivity index (χ2n) is 6.77. The summed E-state index contributed by atoms with van der Waals surface area (Å²) in [5, 5.41) is 0.515. The van der Waals surface area contributed by atoms with Crippen molar-refractivity contribution < 1.29 is 13.9 Å². The van der Waals surface area contributed by atoms with E-state index in [0.29, 0.717) is 37.0 Å². The number of benzene rings is 2. The number of thiazole rings is 1. The Morgan fingerprint density at radius 3 is 2.72 bits per heavy atom. The number of amides is 1. The number of carbonyl (C=O) groups is 1. The van der Waals surface area contributed by atoms with Crippen molar-refractivity contribution >= 4 is 38.7 Å². The number of hydrogen-bond donors (Lipinski definition) is 0. The SMILES string of the molecule is O=C(/C=C/c1ccccc1)N(CCN1CCOCC1)c1nc2c(F)cccc2s1. The molecule has 150 valence electrons. The third-order valence-electron chi connectivity index (χ3n) is 4.82. The zero-order valence-electron chi connectivity index (χ0n) is 16.0. The van der Waals surface area contributed by atoms with E-state index in [2.05, 4.69) is 9.88 Å². The van der Waals surface area contributed by atoms with Crippen LogP contribution in [0.3, 0.4) is 0 Å². The van der Waals surface area contributed by atoms with E-state index in [1.54, 1.807) is 23.1 Å². The molecule has 4 rings (SSSR count). The lowest BCUT2D eigenvalue weighted by Crippen LogP contribution is -2.42. The van der Waals surface area contributed by atoms with Crippen LogP contribution in [0.1, 0.15) is 5.56 Å². The number of anilines is 1. The van der Waals surface area contributed by atoms with E-state index in [-0.39, 0.29) is 11.7 Å². The number of aromatic nitrogens is 1. The number of fused-ring (bicyclic) bond motifs is 1. The molecule has 1 amide bonds. The van der Waals surface area contributed by atoms with Gasteiger partial charge < -0.3 is 4.74 Å². The number of para-hydroxylation sites is 1. The third kappa shape index (κ3) is 4.87. The lowest BCUT2D eigenvalue weighted by Gasteiger charge is -2.28. The summed E-state index contributed by atoms with van der Waals surface area (Å²) in [6, 6.07) is 14.5. The fraction of sp³-hybridized carbons (Fsp3) is 0.273. The van der Waals surface area contributed by atoms with Crippen LogP contribution in [0.15, 0.2) is 54.6 Å². The molecule has 1 aliphatic rings. The highest BCUT2D eigenvalue weighted by Crippen LogP contribution is 2.30. The Bertz CT molecular complexity index is 1000. The standard InChI is InChI=1S/C22H22FN3O2S/c23-18-7-4-8-19-21(18)24-22(29-19)26(12-11-25-13-15-28-16-14-25)20(27)10-9-17-5-2-1-3-6-17/h1-10H,11-16H2/b10-9+. The summed E-state index contributed by atoms with van der Waals surface area (Å²) in [7, 11) is 0. The quantitative estimate of drug-likeness (QED) is 0.579. The Kier molecular flexibility index (Phi) is 6.29. The Morgan fingerprint density at radius 2 is 1.97 bits per heavy atom. The third-order valence-corrected chi connectivity index (χ3v) is 5.86. The molecule has 1 saturated heterocycles. The Morgan fingerprint density at radius 1 is 1.17 bits per heavy atom. The smallest absolute Gasteiger partial charge is 0.252 e. The molecule has 2 heterocycles. The maximum atomic E-state index is 14.1. The number of nitrogens with zero attached hydrogens (tertiary/aromatic N) is 3. The first-order valence-corrected chi connectivity index (χ1v) is 10.4. The molecule has 0 radical (unpaired) electrons. The van der Waals surface area contributed by atoms with Crippen LogP contribution < -0.4 is 4.90 Å². The molecule has 3 aromatic rings. The zero-order chi connectivity index (χ0) is 20.1. The number of rotatable bonds is 6. The van der Waals surface area contributed by atoms with Crippen LogP contribution in [0.25, 0.3) is 16.3 Å². The fourth-order valence-corrected chi connectivity index (χ4v) is 4.22. The summed E-state index contributed by atoms with van der Waals surface area (Å²) in [4.78, 5) is 21.3. The molecule has 0 spiro atoms. The summed E-state index contributed by atoms with van der Waals surface area (Å²) in [5.41, 5.74) is 1.26.